The molecule has 1 aliphatic rings. The van der Waals surface area contributed by atoms with Crippen LogP contribution < -0.4 is 20.7 Å². The maximum Gasteiger partial charge on any atom is 0.403 e. The van der Waals surface area contributed by atoms with Gasteiger partial charge in [0.2, 0.25) is 0 Å². The highest BCUT2D eigenvalue weighted by Gasteiger charge is 2.22. The van der Waals surface area contributed by atoms with Crippen molar-refractivity contribution in [2.45, 2.75) is 25.9 Å². The van der Waals surface area contributed by atoms with Gasteiger partial charge in [0.05, 0.1) is 0 Å². The molecular formula is C12H14N2O4. The maximum absolute atomic E-state index is 11.2. The average molecular weight is 250 g/mol. The van der Waals surface area contributed by atoms with Crippen LogP contribution in [0.2, 0.25) is 0 Å². The summed E-state index contributed by atoms with van der Waals surface area (Å²) >= 11 is 0. The van der Waals surface area contributed by atoms with Crippen molar-refractivity contribution in [1.82, 2.24) is 5.43 Å². The number of carbonyl (C=O) groups excluding carboxylic acids is 2. The Morgan fingerprint density at radius 3 is 3.00 bits per heavy atom. The molecule has 6 heteroatoms. The molecule has 0 bridgehead atoms. The number of esters is 1. The average Bonchev–Trinajstić information content (AvgIpc) is 2.79. The van der Waals surface area contributed by atoms with E-state index in [0.717, 1.165) is 24.2 Å². The van der Waals surface area contributed by atoms with Crippen molar-refractivity contribution in [2.24, 2.45) is 5.84 Å². The Labute approximate surface area is 104 Å². The molecule has 6 nitrogen and oxygen atoms in total. The van der Waals surface area contributed by atoms with Gasteiger partial charge in [-0.1, -0.05) is 6.92 Å². The van der Waals surface area contributed by atoms with E-state index < -0.39 is 11.9 Å². The van der Waals surface area contributed by atoms with E-state index in [2.05, 4.69) is 0 Å². The van der Waals surface area contributed by atoms with Gasteiger partial charge in [0, 0.05) is 12.0 Å². The summed E-state index contributed by atoms with van der Waals surface area (Å²) in [4.78, 5) is 22.1. The van der Waals surface area contributed by atoms with Crippen molar-refractivity contribution < 1.29 is 19.1 Å². The number of nitrogens with one attached hydrogen (secondary N) is 1. The Morgan fingerprint density at radius 1 is 1.56 bits per heavy atom. The Bertz CT molecular complexity index is 487. The van der Waals surface area contributed by atoms with E-state index in [-0.39, 0.29) is 6.10 Å². The van der Waals surface area contributed by atoms with Crippen LogP contribution in [-0.4, -0.2) is 18.0 Å². The van der Waals surface area contributed by atoms with Crippen molar-refractivity contribution in [3.05, 3.63) is 23.8 Å². The molecule has 1 aromatic carbocycles. The summed E-state index contributed by atoms with van der Waals surface area (Å²) in [6, 6.07) is 5.01. The number of amides is 1. The van der Waals surface area contributed by atoms with E-state index in [1.165, 1.54) is 0 Å². The second-order valence-electron chi connectivity index (χ2n) is 3.98. The van der Waals surface area contributed by atoms with Crippen molar-refractivity contribution in [3.63, 3.8) is 0 Å². The molecular weight excluding hydrogens is 236 g/mol. The fourth-order valence-corrected chi connectivity index (χ4v) is 1.80. The quantitative estimate of drug-likeness (QED) is 0.197. The highest BCUT2D eigenvalue weighted by Crippen LogP contribution is 2.32. The van der Waals surface area contributed by atoms with Crippen LogP contribution in [-0.2, 0) is 16.0 Å². The molecule has 1 atom stereocenters. The molecule has 0 radical (unpaired) electrons. The Balaban J connectivity index is 2.09. The summed E-state index contributed by atoms with van der Waals surface area (Å²) in [6.45, 7) is 2.04. The zero-order valence-electron chi connectivity index (χ0n) is 9.93. The molecule has 0 saturated carbocycles. The van der Waals surface area contributed by atoms with Gasteiger partial charge >= 0.3 is 11.9 Å². The lowest BCUT2D eigenvalue weighted by Crippen LogP contribution is -2.38. The van der Waals surface area contributed by atoms with Crippen LogP contribution >= 0.6 is 0 Å². The molecule has 1 aromatic rings. The molecule has 1 heterocycles. The Kier molecular flexibility index (Phi) is 3.47. The molecule has 3 N–H and O–H groups in total. The predicted molar refractivity (Wildman–Crippen MR) is 62.8 cm³/mol. The number of fused-ring (bicyclic) bond motifs is 1. The first-order valence-corrected chi connectivity index (χ1v) is 5.66. The molecule has 0 aromatic heterocycles. The van der Waals surface area contributed by atoms with Crippen LogP contribution in [0.4, 0.5) is 0 Å². The zero-order valence-corrected chi connectivity index (χ0v) is 9.93. The lowest BCUT2D eigenvalue weighted by molar-refractivity contribution is -0.148. The molecule has 96 valence electrons. The van der Waals surface area contributed by atoms with E-state index in [9.17, 15) is 9.59 Å². The number of hydrogen-bond donors (Lipinski definition) is 2. The topological polar surface area (TPSA) is 90.7 Å². The van der Waals surface area contributed by atoms with Crippen LogP contribution in [0.5, 0.6) is 11.5 Å². The first kappa shape index (κ1) is 12.4. The van der Waals surface area contributed by atoms with Gasteiger partial charge in [-0.15, -0.1) is 0 Å². The third-order valence-electron chi connectivity index (χ3n) is 2.76. The lowest BCUT2D eigenvalue weighted by atomic mass is 10.1. The number of carbonyl (C=O) groups is 2. The highest BCUT2D eigenvalue weighted by molar-refractivity contribution is 6.32. The van der Waals surface area contributed by atoms with Gasteiger partial charge in [0.25, 0.3) is 0 Å². The van der Waals surface area contributed by atoms with E-state index in [4.69, 9.17) is 15.3 Å². The number of benzene rings is 1. The van der Waals surface area contributed by atoms with Crippen molar-refractivity contribution >= 4 is 11.9 Å². The fourth-order valence-electron chi connectivity index (χ4n) is 1.80. The Hall–Kier alpha value is -2.08. The molecule has 0 saturated heterocycles. The largest absolute Gasteiger partial charge is 0.490 e. The molecule has 1 amide bonds. The summed E-state index contributed by atoms with van der Waals surface area (Å²) in [7, 11) is 0. The van der Waals surface area contributed by atoms with Gasteiger partial charge in [-0.05, 0) is 24.6 Å². The van der Waals surface area contributed by atoms with Crippen LogP contribution in [0.25, 0.3) is 0 Å². The summed E-state index contributed by atoms with van der Waals surface area (Å²) in [5, 5.41) is 0. The number of ether oxygens (including phenoxy) is 2. The lowest BCUT2D eigenvalue weighted by Gasteiger charge is -2.06. The minimum atomic E-state index is -1.04. The third kappa shape index (κ3) is 2.43. The maximum atomic E-state index is 11.2. The Morgan fingerprint density at radius 2 is 2.33 bits per heavy atom. The number of rotatable bonds is 2. The SMILES string of the molecule is CCC1Cc2cc(OC(=O)C(=O)NN)ccc2O1. The molecule has 0 spiro atoms. The molecule has 0 fully saturated rings. The monoisotopic (exact) mass is 250 g/mol. The van der Waals surface area contributed by atoms with Gasteiger partial charge in [-0.25, -0.2) is 10.6 Å². The van der Waals surface area contributed by atoms with E-state index in [1.54, 1.807) is 23.6 Å². The summed E-state index contributed by atoms with van der Waals surface area (Å²) in [5.41, 5.74) is 2.69. The van der Waals surface area contributed by atoms with Crippen LogP contribution in [0.15, 0.2) is 18.2 Å². The first-order chi connectivity index (χ1) is 8.63. The number of hydrazine groups is 1. The second kappa shape index (κ2) is 5.05. The van der Waals surface area contributed by atoms with Crippen LogP contribution in [0.3, 0.4) is 0 Å². The van der Waals surface area contributed by atoms with Gasteiger partial charge in [-0.2, -0.15) is 0 Å². The third-order valence-corrected chi connectivity index (χ3v) is 2.76. The molecule has 2 rings (SSSR count). The van der Waals surface area contributed by atoms with Gasteiger partial charge in [-0.3, -0.25) is 10.2 Å². The van der Waals surface area contributed by atoms with Gasteiger partial charge in [0.1, 0.15) is 17.6 Å². The molecule has 1 aliphatic heterocycles. The van der Waals surface area contributed by atoms with Crippen molar-refractivity contribution in [1.29, 1.82) is 0 Å². The summed E-state index contributed by atoms with van der Waals surface area (Å²) in [5.74, 6) is 3.91. The van der Waals surface area contributed by atoms with Crippen molar-refractivity contribution in [3.8, 4) is 11.5 Å². The standard InChI is InChI=1S/C12H14N2O4/c1-2-8-5-7-6-9(3-4-10(7)17-8)18-12(16)11(15)14-13/h3-4,6,8H,2,5,13H2,1H3,(H,14,15). The first-order valence-electron chi connectivity index (χ1n) is 5.66. The van der Waals surface area contributed by atoms with Crippen molar-refractivity contribution in [2.75, 3.05) is 0 Å². The predicted octanol–water partition coefficient (Wildman–Crippen LogP) is 0.295. The number of hydrogen-bond acceptors (Lipinski definition) is 5. The van der Waals surface area contributed by atoms with Gasteiger partial charge in [0.15, 0.2) is 0 Å². The highest BCUT2D eigenvalue weighted by atomic mass is 16.5. The fraction of sp³-hybridized carbons (Fsp3) is 0.333. The second-order valence-corrected chi connectivity index (χ2v) is 3.98. The zero-order chi connectivity index (χ0) is 13.1. The summed E-state index contributed by atoms with van der Waals surface area (Å²) < 4.78 is 10.5. The molecule has 18 heavy (non-hydrogen) atoms. The van der Waals surface area contributed by atoms with Crippen LogP contribution in [0, 0.1) is 0 Å². The number of nitrogens with two attached hydrogens (primary N) is 1. The van der Waals surface area contributed by atoms with E-state index in [0.29, 0.717) is 5.75 Å². The van der Waals surface area contributed by atoms with Crippen LogP contribution in [0.1, 0.15) is 18.9 Å². The normalized spacial score (nSPS) is 16.7. The van der Waals surface area contributed by atoms with E-state index in [1.807, 2.05) is 6.92 Å². The smallest absolute Gasteiger partial charge is 0.403 e. The minimum absolute atomic E-state index is 0.165. The molecule has 0 aliphatic carbocycles. The van der Waals surface area contributed by atoms with E-state index >= 15 is 0 Å². The van der Waals surface area contributed by atoms with Gasteiger partial charge < -0.3 is 9.47 Å². The minimum Gasteiger partial charge on any atom is -0.490 e. The molecule has 1 unspecified atom stereocenters. The summed E-state index contributed by atoms with van der Waals surface area (Å²) in [6.07, 6.45) is 1.86.